The van der Waals surface area contributed by atoms with Gasteiger partial charge in [0.25, 0.3) is 0 Å². The number of H-pyrrole nitrogens is 1. The van der Waals surface area contributed by atoms with E-state index in [0.29, 0.717) is 6.54 Å². The summed E-state index contributed by atoms with van der Waals surface area (Å²) >= 11 is 5.44. The first-order valence-electron chi connectivity index (χ1n) is 9.39. The lowest BCUT2D eigenvalue weighted by molar-refractivity contribution is 0.401. The van der Waals surface area contributed by atoms with E-state index in [-0.39, 0.29) is 0 Å². The van der Waals surface area contributed by atoms with Gasteiger partial charge in [0.05, 0.1) is 16.6 Å². The van der Waals surface area contributed by atoms with Gasteiger partial charge in [0.1, 0.15) is 12.1 Å². The van der Waals surface area contributed by atoms with Crippen LogP contribution in [-0.2, 0) is 19.6 Å². The van der Waals surface area contributed by atoms with Crippen molar-refractivity contribution in [2.75, 3.05) is 19.4 Å². The second-order valence-corrected chi connectivity index (χ2v) is 7.53. The summed E-state index contributed by atoms with van der Waals surface area (Å²) in [4.78, 5) is 14.4. The molecule has 0 amide bonds. The highest BCUT2D eigenvalue weighted by atomic mass is 32.1. The molecule has 2 heterocycles. The van der Waals surface area contributed by atoms with Crippen LogP contribution in [-0.4, -0.2) is 38.5 Å². The zero-order valence-corrected chi connectivity index (χ0v) is 17.2. The molecule has 0 bridgehead atoms. The smallest absolute Gasteiger partial charge is 0.178 e. The van der Waals surface area contributed by atoms with Gasteiger partial charge < -0.3 is 19.8 Å². The van der Waals surface area contributed by atoms with Crippen LogP contribution < -0.4 is 5.32 Å². The molecule has 144 valence electrons. The van der Waals surface area contributed by atoms with Gasteiger partial charge in [-0.15, -0.1) is 0 Å². The van der Waals surface area contributed by atoms with Crippen LogP contribution >= 0.6 is 12.2 Å². The summed E-state index contributed by atoms with van der Waals surface area (Å²) in [5, 5.41) is 4.49. The molecule has 0 aliphatic rings. The van der Waals surface area contributed by atoms with Crippen molar-refractivity contribution in [3.8, 4) is 0 Å². The Morgan fingerprint density at radius 2 is 1.93 bits per heavy atom. The van der Waals surface area contributed by atoms with E-state index in [9.17, 15) is 0 Å². The van der Waals surface area contributed by atoms with Gasteiger partial charge >= 0.3 is 0 Å². The lowest BCUT2D eigenvalue weighted by Crippen LogP contribution is -2.13. The van der Waals surface area contributed by atoms with Gasteiger partial charge in [-0.25, -0.2) is 9.97 Å². The standard InChI is InChI=1S/C21H24N6S/c1-4-27-19-10-17-16(9-18(19)25-21(27)28)20(24-13-23-17)22-11-14-7-5-6-8-15(14)12-26(2)3/h5-10,13H,4,11-12H2,1-3H3,(H,25,28)(H,22,23,24). The van der Waals surface area contributed by atoms with Crippen LogP contribution in [0.1, 0.15) is 18.1 Å². The van der Waals surface area contributed by atoms with E-state index in [4.69, 9.17) is 12.2 Å². The first-order chi connectivity index (χ1) is 13.6. The molecular formula is C21H24N6S. The monoisotopic (exact) mass is 392 g/mol. The fraction of sp³-hybridized carbons (Fsp3) is 0.286. The van der Waals surface area contributed by atoms with Crippen LogP contribution in [0.5, 0.6) is 0 Å². The molecule has 6 nitrogen and oxygen atoms in total. The van der Waals surface area contributed by atoms with E-state index in [1.807, 2.05) is 0 Å². The van der Waals surface area contributed by atoms with Gasteiger partial charge in [0, 0.05) is 25.0 Å². The molecule has 0 aliphatic heterocycles. The Kier molecular flexibility index (Phi) is 5.11. The Bertz CT molecular complexity index is 1190. The summed E-state index contributed by atoms with van der Waals surface area (Å²) in [5.74, 6) is 0.829. The fourth-order valence-electron chi connectivity index (χ4n) is 3.57. The average molecular weight is 393 g/mol. The molecule has 7 heteroatoms. The average Bonchev–Trinajstić information content (AvgIpc) is 2.99. The SMILES string of the molecule is CCn1c(=S)[nH]c2cc3c(NCc4ccccc4CN(C)C)ncnc3cc21. The van der Waals surface area contributed by atoms with Crippen molar-refractivity contribution >= 4 is 40.0 Å². The Morgan fingerprint density at radius 3 is 2.68 bits per heavy atom. The van der Waals surface area contributed by atoms with Crippen molar-refractivity contribution in [1.82, 2.24) is 24.4 Å². The van der Waals surface area contributed by atoms with Crippen LogP contribution in [0, 0.1) is 4.77 Å². The Labute approximate surface area is 169 Å². The molecule has 4 rings (SSSR count). The van der Waals surface area contributed by atoms with Crippen LogP contribution in [0.15, 0.2) is 42.7 Å². The van der Waals surface area contributed by atoms with Crippen LogP contribution in [0.25, 0.3) is 21.9 Å². The number of hydrogen-bond acceptors (Lipinski definition) is 5. The van der Waals surface area contributed by atoms with Crippen LogP contribution in [0.2, 0.25) is 0 Å². The molecule has 0 atom stereocenters. The predicted octanol–water partition coefficient (Wildman–Crippen LogP) is 4.34. The molecule has 0 spiro atoms. The third-order valence-corrected chi connectivity index (χ3v) is 5.22. The van der Waals surface area contributed by atoms with Crippen molar-refractivity contribution in [3.05, 3.63) is 58.6 Å². The number of rotatable bonds is 6. The number of benzene rings is 2. The highest BCUT2D eigenvalue weighted by Gasteiger charge is 2.10. The number of nitrogens with zero attached hydrogens (tertiary/aromatic N) is 4. The van der Waals surface area contributed by atoms with Crippen LogP contribution in [0.4, 0.5) is 5.82 Å². The van der Waals surface area contributed by atoms with Gasteiger partial charge in [0.15, 0.2) is 4.77 Å². The second kappa shape index (κ2) is 7.69. The summed E-state index contributed by atoms with van der Waals surface area (Å²) in [5.41, 5.74) is 5.56. The maximum absolute atomic E-state index is 5.44. The minimum Gasteiger partial charge on any atom is -0.365 e. The molecule has 2 aromatic heterocycles. The second-order valence-electron chi connectivity index (χ2n) is 7.14. The number of nitrogens with one attached hydrogen (secondary N) is 2. The van der Waals surface area contributed by atoms with Gasteiger partial charge in [0.2, 0.25) is 0 Å². The fourth-order valence-corrected chi connectivity index (χ4v) is 3.90. The normalized spacial score (nSPS) is 11.6. The maximum atomic E-state index is 5.44. The Morgan fingerprint density at radius 1 is 1.14 bits per heavy atom. The van der Waals surface area contributed by atoms with Crippen molar-refractivity contribution in [2.24, 2.45) is 0 Å². The molecular weight excluding hydrogens is 368 g/mol. The number of aryl methyl sites for hydroxylation is 1. The molecule has 0 radical (unpaired) electrons. The quantitative estimate of drug-likeness (QED) is 0.478. The summed E-state index contributed by atoms with van der Waals surface area (Å²) < 4.78 is 2.81. The van der Waals surface area contributed by atoms with Gasteiger partial charge in [-0.3, -0.25) is 0 Å². The highest BCUT2D eigenvalue weighted by Crippen LogP contribution is 2.26. The van der Waals surface area contributed by atoms with Gasteiger partial charge in [-0.05, 0) is 56.5 Å². The van der Waals surface area contributed by atoms with Gasteiger partial charge in [-0.2, -0.15) is 0 Å². The lowest BCUT2D eigenvalue weighted by atomic mass is 10.1. The highest BCUT2D eigenvalue weighted by molar-refractivity contribution is 7.71. The molecule has 0 fully saturated rings. The zero-order valence-electron chi connectivity index (χ0n) is 16.4. The van der Waals surface area contributed by atoms with Crippen molar-refractivity contribution in [1.29, 1.82) is 0 Å². The van der Waals surface area contributed by atoms with Crippen molar-refractivity contribution in [3.63, 3.8) is 0 Å². The maximum Gasteiger partial charge on any atom is 0.178 e. The number of anilines is 1. The topological polar surface area (TPSA) is 61.8 Å². The molecule has 28 heavy (non-hydrogen) atoms. The van der Waals surface area contributed by atoms with E-state index in [1.165, 1.54) is 11.1 Å². The first kappa shape index (κ1) is 18.6. The molecule has 0 saturated heterocycles. The van der Waals surface area contributed by atoms with E-state index < -0.39 is 0 Å². The minimum atomic E-state index is 0.708. The van der Waals surface area contributed by atoms with Crippen molar-refractivity contribution < 1.29 is 0 Å². The zero-order chi connectivity index (χ0) is 19.7. The number of imidazole rings is 1. The number of hydrogen-bond donors (Lipinski definition) is 2. The molecule has 4 aromatic rings. The summed E-state index contributed by atoms with van der Waals surface area (Å²) in [7, 11) is 4.17. The van der Waals surface area contributed by atoms with Crippen molar-refractivity contribution in [2.45, 2.75) is 26.6 Å². The lowest BCUT2D eigenvalue weighted by Gasteiger charge is -2.15. The Balaban J connectivity index is 1.70. The molecule has 0 saturated carbocycles. The van der Waals surface area contributed by atoms with E-state index >= 15 is 0 Å². The molecule has 2 aromatic carbocycles. The molecule has 2 N–H and O–H groups in total. The summed E-state index contributed by atoms with van der Waals surface area (Å²) in [6, 6.07) is 12.7. The van der Waals surface area contributed by atoms with E-state index in [0.717, 1.165) is 45.6 Å². The molecule has 0 aliphatic carbocycles. The number of fused-ring (bicyclic) bond motifs is 2. The van der Waals surface area contributed by atoms with E-state index in [1.54, 1.807) is 6.33 Å². The summed E-state index contributed by atoms with van der Waals surface area (Å²) in [6.45, 7) is 4.53. The first-order valence-corrected chi connectivity index (χ1v) is 9.80. The minimum absolute atomic E-state index is 0.708. The van der Waals surface area contributed by atoms with E-state index in [2.05, 4.69) is 87.2 Å². The summed E-state index contributed by atoms with van der Waals surface area (Å²) in [6.07, 6.45) is 1.61. The third kappa shape index (κ3) is 3.50. The third-order valence-electron chi connectivity index (χ3n) is 4.90. The van der Waals surface area contributed by atoms with Crippen LogP contribution in [0.3, 0.4) is 0 Å². The number of aromatic nitrogens is 4. The predicted molar refractivity (Wildman–Crippen MR) is 117 cm³/mol. The molecule has 0 unspecified atom stereocenters. The number of aromatic amines is 1. The Hall–Kier alpha value is -2.77. The van der Waals surface area contributed by atoms with Gasteiger partial charge in [-0.1, -0.05) is 24.3 Å². The largest absolute Gasteiger partial charge is 0.365 e.